The molecule has 1 aliphatic rings. The van der Waals surface area contributed by atoms with E-state index in [0.717, 1.165) is 30.8 Å². The summed E-state index contributed by atoms with van der Waals surface area (Å²) >= 11 is 1.66. The van der Waals surface area contributed by atoms with Gasteiger partial charge in [0.2, 0.25) is 0 Å². The average molecular weight is 283 g/mol. The Bertz CT molecular complexity index is 421. The van der Waals surface area contributed by atoms with Crippen molar-refractivity contribution in [3.8, 4) is 0 Å². The van der Waals surface area contributed by atoms with Gasteiger partial charge in [-0.1, -0.05) is 0 Å². The summed E-state index contributed by atoms with van der Waals surface area (Å²) in [6, 6.07) is 4.06. The zero-order valence-electron chi connectivity index (χ0n) is 11.5. The number of nitrogens with one attached hydrogen (secondary N) is 1. The number of methoxy groups -OCH3 is 2. The van der Waals surface area contributed by atoms with Crippen molar-refractivity contribution in [1.82, 2.24) is 5.32 Å². The Hall–Kier alpha value is -0.910. The average Bonchev–Trinajstić information content (AvgIpc) is 2.80. The Morgan fingerprint density at radius 2 is 2.11 bits per heavy atom. The van der Waals surface area contributed by atoms with Crippen LogP contribution in [0.4, 0.5) is 0 Å². The number of hydrogen-bond acceptors (Lipinski definition) is 5. The summed E-state index contributed by atoms with van der Waals surface area (Å²) in [5, 5.41) is 3.45. The van der Waals surface area contributed by atoms with Crippen molar-refractivity contribution in [2.45, 2.75) is 37.8 Å². The summed E-state index contributed by atoms with van der Waals surface area (Å²) in [6.45, 7) is 1.73. The molecule has 0 aromatic carbocycles. The second kappa shape index (κ2) is 6.50. The third kappa shape index (κ3) is 3.78. The van der Waals surface area contributed by atoms with Crippen LogP contribution in [0.5, 0.6) is 0 Å². The SMILES string of the molecule is COC(=O)Cc1ccc(CNCC2(OC)CCC2)s1. The molecule has 2 rings (SSSR count). The molecule has 0 bridgehead atoms. The van der Waals surface area contributed by atoms with Gasteiger partial charge in [0.15, 0.2) is 0 Å². The fraction of sp³-hybridized carbons (Fsp3) is 0.643. The van der Waals surface area contributed by atoms with Gasteiger partial charge in [0.05, 0.1) is 19.1 Å². The highest BCUT2D eigenvalue weighted by Crippen LogP contribution is 2.34. The van der Waals surface area contributed by atoms with Crippen molar-refractivity contribution in [3.05, 3.63) is 21.9 Å². The molecule has 1 heterocycles. The second-order valence-corrected chi connectivity index (χ2v) is 6.22. The van der Waals surface area contributed by atoms with Crippen LogP contribution in [-0.4, -0.2) is 32.3 Å². The molecule has 0 unspecified atom stereocenters. The summed E-state index contributed by atoms with van der Waals surface area (Å²) < 4.78 is 10.2. The van der Waals surface area contributed by atoms with Gasteiger partial charge in [-0.25, -0.2) is 0 Å². The van der Waals surface area contributed by atoms with Crippen LogP contribution < -0.4 is 5.32 Å². The second-order valence-electron chi connectivity index (χ2n) is 4.97. The van der Waals surface area contributed by atoms with Gasteiger partial charge in [-0.05, 0) is 31.4 Å². The van der Waals surface area contributed by atoms with Crippen molar-refractivity contribution in [2.24, 2.45) is 0 Å². The fourth-order valence-corrected chi connectivity index (χ4v) is 3.24. The Balaban J connectivity index is 1.75. The van der Waals surface area contributed by atoms with E-state index in [-0.39, 0.29) is 11.6 Å². The lowest BCUT2D eigenvalue weighted by Crippen LogP contribution is -2.47. The molecular formula is C14H21NO3S. The number of hydrogen-bond donors (Lipinski definition) is 1. The lowest BCUT2D eigenvalue weighted by atomic mass is 9.80. The molecule has 1 saturated carbocycles. The van der Waals surface area contributed by atoms with Crippen LogP contribution in [0.2, 0.25) is 0 Å². The highest BCUT2D eigenvalue weighted by molar-refractivity contribution is 7.12. The molecule has 0 aliphatic heterocycles. The third-order valence-electron chi connectivity index (χ3n) is 3.71. The van der Waals surface area contributed by atoms with Crippen molar-refractivity contribution in [3.63, 3.8) is 0 Å². The van der Waals surface area contributed by atoms with Crippen LogP contribution in [0.15, 0.2) is 12.1 Å². The molecule has 1 aliphatic carbocycles. The topological polar surface area (TPSA) is 47.6 Å². The molecule has 4 nitrogen and oxygen atoms in total. The third-order valence-corrected chi connectivity index (χ3v) is 4.79. The Morgan fingerprint density at radius 3 is 2.68 bits per heavy atom. The molecule has 0 atom stereocenters. The van der Waals surface area contributed by atoms with Crippen LogP contribution in [0.1, 0.15) is 29.0 Å². The first-order chi connectivity index (χ1) is 9.17. The molecule has 0 saturated heterocycles. The van der Waals surface area contributed by atoms with Crippen molar-refractivity contribution in [2.75, 3.05) is 20.8 Å². The van der Waals surface area contributed by atoms with Gasteiger partial charge in [0.25, 0.3) is 0 Å². The summed E-state index contributed by atoms with van der Waals surface area (Å²) in [5.74, 6) is -0.186. The van der Waals surface area contributed by atoms with E-state index in [1.807, 2.05) is 6.07 Å². The van der Waals surface area contributed by atoms with Gasteiger partial charge in [0.1, 0.15) is 0 Å². The minimum absolute atomic E-state index is 0.0616. The van der Waals surface area contributed by atoms with Gasteiger partial charge in [0, 0.05) is 30.0 Å². The van der Waals surface area contributed by atoms with E-state index in [2.05, 4.69) is 16.1 Å². The number of ether oxygens (including phenoxy) is 2. The fourth-order valence-electron chi connectivity index (χ4n) is 2.26. The first-order valence-corrected chi connectivity index (χ1v) is 7.39. The van der Waals surface area contributed by atoms with Crippen LogP contribution in [-0.2, 0) is 27.2 Å². The normalized spacial score (nSPS) is 16.9. The van der Waals surface area contributed by atoms with Gasteiger partial charge < -0.3 is 14.8 Å². The molecule has 0 radical (unpaired) electrons. The van der Waals surface area contributed by atoms with Crippen LogP contribution >= 0.6 is 11.3 Å². The number of thiophene rings is 1. The zero-order chi connectivity index (χ0) is 13.7. The van der Waals surface area contributed by atoms with E-state index in [4.69, 9.17) is 4.74 Å². The number of carbonyl (C=O) groups excluding carboxylic acids is 1. The van der Waals surface area contributed by atoms with Crippen LogP contribution in [0.3, 0.4) is 0 Å². The molecule has 0 spiro atoms. The van der Waals surface area contributed by atoms with E-state index >= 15 is 0 Å². The van der Waals surface area contributed by atoms with Crippen molar-refractivity contribution >= 4 is 17.3 Å². The van der Waals surface area contributed by atoms with E-state index in [0.29, 0.717) is 6.42 Å². The minimum Gasteiger partial charge on any atom is -0.469 e. The minimum atomic E-state index is -0.186. The van der Waals surface area contributed by atoms with Crippen LogP contribution in [0.25, 0.3) is 0 Å². The quantitative estimate of drug-likeness (QED) is 0.779. The predicted octanol–water partition coefficient (Wildman–Crippen LogP) is 2.12. The predicted molar refractivity (Wildman–Crippen MR) is 75.3 cm³/mol. The van der Waals surface area contributed by atoms with Gasteiger partial charge >= 0.3 is 5.97 Å². The number of esters is 1. The maximum absolute atomic E-state index is 11.2. The molecule has 19 heavy (non-hydrogen) atoms. The van der Waals surface area contributed by atoms with Gasteiger partial charge in [-0.3, -0.25) is 4.79 Å². The summed E-state index contributed by atoms with van der Waals surface area (Å²) in [6.07, 6.45) is 3.92. The Kier molecular flexibility index (Phi) is 4.96. The number of rotatable bonds is 7. The van der Waals surface area contributed by atoms with Crippen LogP contribution in [0, 0.1) is 0 Å². The standard InChI is InChI=1S/C14H21NO3S/c1-17-13(16)8-11-4-5-12(19-11)9-15-10-14(18-2)6-3-7-14/h4-5,15H,3,6-10H2,1-2H3. The molecule has 5 heteroatoms. The first kappa shape index (κ1) is 14.5. The molecule has 1 N–H and O–H groups in total. The maximum Gasteiger partial charge on any atom is 0.310 e. The smallest absolute Gasteiger partial charge is 0.310 e. The van der Waals surface area contributed by atoms with E-state index < -0.39 is 0 Å². The monoisotopic (exact) mass is 283 g/mol. The summed E-state index contributed by atoms with van der Waals surface area (Å²) in [4.78, 5) is 13.5. The van der Waals surface area contributed by atoms with E-state index in [1.165, 1.54) is 18.4 Å². The molecule has 1 aromatic rings. The van der Waals surface area contributed by atoms with Gasteiger partial charge in [-0.15, -0.1) is 11.3 Å². The first-order valence-electron chi connectivity index (χ1n) is 6.58. The maximum atomic E-state index is 11.2. The highest BCUT2D eigenvalue weighted by Gasteiger charge is 2.36. The van der Waals surface area contributed by atoms with Crippen molar-refractivity contribution in [1.29, 1.82) is 0 Å². The summed E-state index contributed by atoms with van der Waals surface area (Å²) in [7, 11) is 3.21. The molecule has 1 fully saturated rings. The van der Waals surface area contributed by atoms with Gasteiger partial charge in [-0.2, -0.15) is 0 Å². The Labute approximate surface area is 118 Å². The zero-order valence-corrected chi connectivity index (χ0v) is 12.3. The molecule has 1 aromatic heterocycles. The molecule has 0 amide bonds. The largest absolute Gasteiger partial charge is 0.469 e. The lowest BCUT2D eigenvalue weighted by Gasteiger charge is -2.40. The Morgan fingerprint density at radius 1 is 1.37 bits per heavy atom. The molecule has 106 valence electrons. The molecular weight excluding hydrogens is 262 g/mol. The summed E-state index contributed by atoms with van der Waals surface area (Å²) in [5.41, 5.74) is 0.0616. The van der Waals surface area contributed by atoms with E-state index in [1.54, 1.807) is 18.4 Å². The van der Waals surface area contributed by atoms with E-state index in [9.17, 15) is 4.79 Å². The van der Waals surface area contributed by atoms with Crippen molar-refractivity contribution < 1.29 is 14.3 Å². The number of carbonyl (C=O) groups is 1. The lowest BCUT2D eigenvalue weighted by molar-refractivity contribution is -0.139. The highest BCUT2D eigenvalue weighted by atomic mass is 32.1.